The molecule has 4 rings (SSSR count). The fourth-order valence-corrected chi connectivity index (χ4v) is 5.07. The third kappa shape index (κ3) is 7.64. The average Bonchev–Trinajstić information content (AvgIpc) is 3.46. The Morgan fingerprint density at radius 3 is 2.37 bits per heavy atom. The molecule has 2 heterocycles. The summed E-state index contributed by atoms with van der Waals surface area (Å²) in [6, 6.07) is 19.6. The topological polar surface area (TPSA) is 109 Å². The Kier molecular flexibility index (Phi) is 9.11. The van der Waals surface area contributed by atoms with Gasteiger partial charge in [-0.15, -0.1) is 0 Å². The summed E-state index contributed by atoms with van der Waals surface area (Å²) in [4.78, 5) is 29.2. The molecule has 0 aliphatic carbocycles. The molecule has 1 amide bonds. The maximum Gasteiger partial charge on any atom is 0.331 e. The number of piperazine rings is 1. The molecule has 1 aromatic heterocycles. The van der Waals surface area contributed by atoms with Gasteiger partial charge in [-0.1, -0.05) is 42.5 Å². The van der Waals surface area contributed by atoms with Gasteiger partial charge in [-0.3, -0.25) is 9.69 Å². The largest absolute Gasteiger partial charge is 0.468 e. The lowest BCUT2D eigenvalue weighted by atomic mass is 10.2. The Bertz CT molecular complexity index is 1330. The molecule has 1 atom stereocenters. The number of nitrogens with one attached hydrogen (secondary N) is 1. The molecular weight excluding hydrogens is 506 g/mol. The monoisotopic (exact) mass is 537 g/mol. The van der Waals surface area contributed by atoms with Gasteiger partial charge in [0.25, 0.3) is 5.91 Å². The Morgan fingerprint density at radius 1 is 1.00 bits per heavy atom. The van der Waals surface area contributed by atoms with Crippen molar-refractivity contribution in [1.82, 2.24) is 14.5 Å². The van der Waals surface area contributed by atoms with Gasteiger partial charge in [0.1, 0.15) is 5.76 Å². The smallest absolute Gasteiger partial charge is 0.331 e. The van der Waals surface area contributed by atoms with Crippen LogP contribution < -0.4 is 4.72 Å². The first-order chi connectivity index (χ1) is 18.3. The second kappa shape index (κ2) is 12.7. The van der Waals surface area contributed by atoms with Gasteiger partial charge >= 0.3 is 5.97 Å². The van der Waals surface area contributed by atoms with Gasteiger partial charge in [0.05, 0.1) is 17.7 Å². The number of rotatable bonds is 10. The number of nitrogens with zero attached hydrogens (tertiary/aromatic N) is 2. The quantitative estimate of drug-likeness (QED) is 0.313. The van der Waals surface area contributed by atoms with Crippen LogP contribution in [-0.2, 0) is 37.4 Å². The third-order valence-corrected chi connectivity index (χ3v) is 7.61. The fourth-order valence-electron chi connectivity index (χ4n) is 4.07. The zero-order chi connectivity index (χ0) is 27.0. The van der Waals surface area contributed by atoms with Crippen LogP contribution in [0.15, 0.2) is 88.4 Å². The normalized spacial score (nSPS) is 15.4. The molecule has 9 nitrogen and oxygen atoms in total. The van der Waals surface area contributed by atoms with Crippen molar-refractivity contribution in [3.05, 3.63) is 96.0 Å². The van der Waals surface area contributed by atoms with Crippen LogP contribution >= 0.6 is 0 Å². The Balaban J connectivity index is 1.22. The zero-order valence-corrected chi connectivity index (χ0v) is 22.0. The average molecular weight is 538 g/mol. The summed E-state index contributed by atoms with van der Waals surface area (Å²) in [5, 5.41) is 0. The molecule has 10 heteroatoms. The van der Waals surface area contributed by atoms with Gasteiger partial charge in [-0.2, -0.15) is 0 Å². The van der Waals surface area contributed by atoms with E-state index in [4.69, 9.17) is 9.15 Å². The zero-order valence-electron chi connectivity index (χ0n) is 21.2. The summed E-state index contributed by atoms with van der Waals surface area (Å²) in [5.74, 6) is -0.363. The molecule has 1 saturated heterocycles. The molecule has 1 aliphatic rings. The highest BCUT2D eigenvalue weighted by atomic mass is 32.2. The second-order valence-corrected chi connectivity index (χ2v) is 10.7. The highest BCUT2D eigenvalue weighted by molar-refractivity contribution is 7.89. The van der Waals surface area contributed by atoms with E-state index in [0.29, 0.717) is 24.4 Å². The Labute approximate surface area is 222 Å². The van der Waals surface area contributed by atoms with E-state index in [2.05, 4.69) is 21.8 Å². The molecule has 1 fully saturated rings. The predicted molar refractivity (Wildman–Crippen MR) is 142 cm³/mol. The molecule has 1 aliphatic heterocycles. The van der Waals surface area contributed by atoms with Crippen LogP contribution in [0, 0.1) is 0 Å². The maximum absolute atomic E-state index is 12.8. The number of amides is 1. The van der Waals surface area contributed by atoms with Crippen LogP contribution in [0.4, 0.5) is 0 Å². The van der Waals surface area contributed by atoms with Gasteiger partial charge in [0, 0.05) is 38.8 Å². The first-order valence-electron chi connectivity index (χ1n) is 12.4. The van der Waals surface area contributed by atoms with Crippen LogP contribution in [0.5, 0.6) is 0 Å². The van der Waals surface area contributed by atoms with E-state index in [0.717, 1.165) is 19.6 Å². The molecule has 0 saturated carbocycles. The number of hydrogen-bond donors (Lipinski definition) is 1. The van der Waals surface area contributed by atoms with E-state index in [1.54, 1.807) is 36.1 Å². The molecule has 2 aromatic carbocycles. The highest BCUT2D eigenvalue weighted by Crippen LogP contribution is 2.14. The Hall–Kier alpha value is -3.73. The summed E-state index contributed by atoms with van der Waals surface area (Å²) >= 11 is 0. The van der Waals surface area contributed by atoms with Crippen LogP contribution in [0.1, 0.15) is 23.8 Å². The van der Waals surface area contributed by atoms with Gasteiger partial charge in [-0.05, 0) is 48.4 Å². The number of carbonyl (C=O) groups is 2. The van der Waals surface area contributed by atoms with Crippen LogP contribution in [0.25, 0.3) is 6.08 Å². The fraction of sp³-hybridized carbons (Fsp3) is 0.286. The second-order valence-electron chi connectivity index (χ2n) is 8.97. The summed E-state index contributed by atoms with van der Waals surface area (Å²) in [5.41, 5.74) is 1.85. The standard InChI is InChI=1S/C28H31N3O6S/c1-22(28(33)31-17-15-30(16-18-31)21-24-6-3-2-4-7-24)37-27(32)14-11-23-9-12-26(13-10-23)38(34,35)29-20-25-8-5-19-36-25/h2-14,19,22,29H,15-18,20-21H2,1H3/b14-11+. The number of ether oxygens (including phenoxy) is 1. The first kappa shape index (κ1) is 27.3. The lowest BCUT2D eigenvalue weighted by molar-refractivity contribution is -0.156. The van der Waals surface area contributed by atoms with E-state index in [1.165, 1.54) is 36.1 Å². The van der Waals surface area contributed by atoms with Crippen LogP contribution in [-0.4, -0.2) is 62.4 Å². The first-order valence-corrected chi connectivity index (χ1v) is 13.8. The molecule has 1 unspecified atom stereocenters. The van der Waals surface area contributed by atoms with E-state index >= 15 is 0 Å². The number of esters is 1. The number of carbonyl (C=O) groups excluding carboxylic acids is 2. The van der Waals surface area contributed by atoms with Crippen LogP contribution in [0.2, 0.25) is 0 Å². The van der Waals surface area contributed by atoms with E-state index < -0.39 is 22.1 Å². The molecule has 38 heavy (non-hydrogen) atoms. The summed E-state index contributed by atoms with van der Waals surface area (Å²) in [6.45, 7) is 5.12. The summed E-state index contributed by atoms with van der Waals surface area (Å²) in [6.07, 6.45) is 3.30. The van der Waals surface area contributed by atoms with Crippen molar-refractivity contribution in [1.29, 1.82) is 0 Å². The molecule has 0 radical (unpaired) electrons. The Morgan fingerprint density at radius 2 is 1.71 bits per heavy atom. The highest BCUT2D eigenvalue weighted by Gasteiger charge is 2.26. The van der Waals surface area contributed by atoms with Crippen molar-refractivity contribution in [2.45, 2.75) is 31.0 Å². The van der Waals surface area contributed by atoms with Crippen molar-refractivity contribution in [2.24, 2.45) is 0 Å². The summed E-state index contributed by atoms with van der Waals surface area (Å²) < 4.78 is 37.8. The van der Waals surface area contributed by atoms with Gasteiger partial charge < -0.3 is 14.1 Å². The third-order valence-electron chi connectivity index (χ3n) is 6.19. The van der Waals surface area contributed by atoms with Crippen molar-refractivity contribution in [2.75, 3.05) is 26.2 Å². The number of benzene rings is 2. The number of hydrogen-bond acceptors (Lipinski definition) is 7. The van der Waals surface area contributed by atoms with Crippen LogP contribution in [0.3, 0.4) is 0 Å². The maximum atomic E-state index is 12.8. The number of furan rings is 1. The molecule has 0 bridgehead atoms. The van der Waals surface area contributed by atoms with Crippen molar-refractivity contribution < 1.29 is 27.2 Å². The SMILES string of the molecule is CC(OC(=O)/C=C/c1ccc(S(=O)(=O)NCc2ccco2)cc1)C(=O)N1CCN(Cc2ccccc2)CC1. The molecule has 200 valence electrons. The van der Waals surface area contributed by atoms with Crippen molar-refractivity contribution in [3.63, 3.8) is 0 Å². The van der Waals surface area contributed by atoms with E-state index in [1.807, 2.05) is 18.2 Å². The number of sulfonamides is 1. The van der Waals surface area contributed by atoms with E-state index in [9.17, 15) is 18.0 Å². The van der Waals surface area contributed by atoms with Crippen molar-refractivity contribution >= 4 is 28.0 Å². The minimum absolute atomic E-state index is 0.0447. The van der Waals surface area contributed by atoms with E-state index in [-0.39, 0.29) is 17.3 Å². The van der Waals surface area contributed by atoms with Gasteiger partial charge in [-0.25, -0.2) is 17.9 Å². The predicted octanol–water partition coefficient (Wildman–Crippen LogP) is 3.05. The van der Waals surface area contributed by atoms with Gasteiger partial charge in [0.15, 0.2) is 6.10 Å². The lowest BCUT2D eigenvalue weighted by Crippen LogP contribution is -2.51. The van der Waals surface area contributed by atoms with Crippen molar-refractivity contribution in [3.8, 4) is 0 Å². The molecule has 0 spiro atoms. The molecule has 1 N–H and O–H groups in total. The lowest BCUT2D eigenvalue weighted by Gasteiger charge is -2.35. The minimum Gasteiger partial charge on any atom is -0.468 e. The van der Waals surface area contributed by atoms with Gasteiger partial charge in [0.2, 0.25) is 10.0 Å². The minimum atomic E-state index is -3.71. The molecular formula is C28H31N3O6S. The molecule has 3 aromatic rings. The summed E-state index contributed by atoms with van der Waals surface area (Å²) in [7, 11) is -3.71.